The molecule has 2 aromatic rings. The topological polar surface area (TPSA) is 38.0 Å². The number of nitrogens with two attached hydrogens (primary N) is 1. The maximum absolute atomic E-state index is 6.06. The Bertz CT molecular complexity index is 599. The number of nitrogens with one attached hydrogen (secondary N) is 1. The largest absolute Gasteiger partial charge is 0.271 e. The normalized spacial score (nSPS) is 12.4. The van der Waals surface area contributed by atoms with Gasteiger partial charge in [0.2, 0.25) is 0 Å². The molecule has 0 heterocycles. The van der Waals surface area contributed by atoms with E-state index in [1.54, 1.807) is 6.07 Å². The molecule has 6 heteroatoms. The molecule has 0 aliphatic rings. The molecule has 1 unspecified atom stereocenters. The lowest BCUT2D eigenvalue weighted by molar-refractivity contribution is 0.552. The molecule has 2 rings (SSSR count). The molecular formula is C14H12BrCl3N2. The molecule has 1 atom stereocenters. The second kappa shape index (κ2) is 7.12. The fourth-order valence-electron chi connectivity index (χ4n) is 1.95. The second-order valence-electron chi connectivity index (χ2n) is 4.37. The minimum absolute atomic E-state index is 0.0674. The second-order valence-corrected chi connectivity index (χ2v) is 6.54. The van der Waals surface area contributed by atoms with Gasteiger partial charge in [0.15, 0.2) is 0 Å². The van der Waals surface area contributed by atoms with E-state index in [1.807, 2.05) is 30.3 Å². The maximum Gasteiger partial charge on any atom is 0.0595 e. The SMILES string of the molecule is NNC(Cc1ccc(Cl)c(Cl)c1)c1cc(Cl)cc(Br)c1. The van der Waals surface area contributed by atoms with Gasteiger partial charge in [-0.05, 0) is 47.9 Å². The molecule has 0 aliphatic heterocycles. The van der Waals surface area contributed by atoms with Gasteiger partial charge in [-0.2, -0.15) is 0 Å². The summed E-state index contributed by atoms with van der Waals surface area (Å²) in [6.07, 6.45) is 0.681. The smallest absolute Gasteiger partial charge is 0.0595 e. The molecule has 3 N–H and O–H groups in total. The molecule has 0 spiro atoms. The first-order chi connectivity index (χ1) is 9.49. The van der Waals surface area contributed by atoms with Crippen molar-refractivity contribution in [2.45, 2.75) is 12.5 Å². The highest BCUT2D eigenvalue weighted by atomic mass is 79.9. The van der Waals surface area contributed by atoms with E-state index >= 15 is 0 Å². The molecule has 0 saturated heterocycles. The summed E-state index contributed by atoms with van der Waals surface area (Å²) in [5.74, 6) is 5.65. The summed E-state index contributed by atoms with van der Waals surface area (Å²) in [5, 5.41) is 1.73. The molecule has 0 bridgehead atoms. The van der Waals surface area contributed by atoms with Crippen molar-refractivity contribution >= 4 is 50.7 Å². The molecule has 0 saturated carbocycles. The van der Waals surface area contributed by atoms with Gasteiger partial charge in [-0.15, -0.1) is 0 Å². The Morgan fingerprint density at radius 3 is 2.40 bits per heavy atom. The van der Waals surface area contributed by atoms with E-state index in [2.05, 4.69) is 21.4 Å². The van der Waals surface area contributed by atoms with Gasteiger partial charge in [-0.1, -0.05) is 56.8 Å². The average molecular weight is 395 g/mol. The van der Waals surface area contributed by atoms with Gasteiger partial charge >= 0.3 is 0 Å². The van der Waals surface area contributed by atoms with Crippen LogP contribution in [-0.4, -0.2) is 0 Å². The summed E-state index contributed by atoms with van der Waals surface area (Å²) in [6.45, 7) is 0. The lowest BCUT2D eigenvalue weighted by Crippen LogP contribution is -2.29. The Labute approximate surface area is 141 Å². The van der Waals surface area contributed by atoms with E-state index < -0.39 is 0 Å². The monoisotopic (exact) mass is 392 g/mol. The van der Waals surface area contributed by atoms with Crippen LogP contribution in [-0.2, 0) is 6.42 Å². The molecule has 2 aromatic carbocycles. The number of hydrazine groups is 1. The Morgan fingerprint density at radius 2 is 1.80 bits per heavy atom. The molecule has 20 heavy (non-hydrogen) atoms. The van der Waals surface area contributed by atoms with Crippen LogP contribution in [0.15, 0.2) is 40.9 Å². The van der Waals surface area contributed by atoms with Crippen LogP contribution >= 0.6 is 50.7 Å². The Morgan fingerprint density at radius 1 is 1.05 bits per heavy atom. The number of hydrogen-bond acceptors (Lipinski definition) is 2. The van der Waals surface area contributed by atoms with Crippen LogP contribution < -0.4 is 11.3 Å². The van der Waals surface area contributed by atoms with E-state index in [0.29, 0.717) is 21.5 Å². The van der Waals surface area contributed by atoms with Crippen molar-refractivity contribution in [3.8, 4) is 0 Å². The summed E-state index contributed by atoms with van der Waals surface area (Å²) in [4.78, 5) is 0. The van der Waals surface area contributed by atoms with Gasteiger partial charge in [-0.25, -0.2) is 0 Å². The summed E-state index contributed by atoms with van der Waals surface area (Å²) >= 11 is 21.4. The van der Waals surface area contributed by atoms with Crippen molar-refractivity contribution in [1.82, 2.24) is 5.43 Å². The third-order valence-electron chi connectivity index (χ3n) is 2.91. The lowest BCUT2D eigenvalue weighted by atomic mass is 9.99. The van der Waals surface area contributed by atoms with Crippen LogP contribution in [0, 0.1) is 0 Å². The number of rotatable bonds is 4. The van der Waals surface area contributed by atoms with Crippen LogP contribution in [0.3, 0.4) is 0 Å². The van der Waals surface area contributed by atoms with Crippen LogP contribution in [0.1, 0.15) is 17.2 Å². The zero-order valence-corrected chi connectivity index (χ0v) is 14.2. The molecule has 106 valence electrons. The summed E-state index contributed by atoms with van der Waals surface area (Å²) in [7, 11) is 0. The fraction of sp³-hybridized carbons (Fsp3) is 0.143. The number of halogens is 4. The first-order valence-electron chi connectivity index (χ1n) is 5.85. The summed E-state index contributed by atoms with van der Waals surface area (Å²) in [5.41, 5.74) is 4.84. The fourth-order valence-corrected chi connectivity index (χ4v) is 3.16. The van der Waals surface area contributed by atoms with Crippen molar-refractivity contribution in [1.29, 1.82) is 0 Å². The van der Waals surface area contributed by atoms with E-state index in [0.717, 1.165) is 15.6 Å². The molecule has 0 fully saturated rings. The van der Waals surface area contributed by atoms with Gasteiger partial charge in [0.05, 0.1) is 16.1 Å². The third-order valence-corrected chi connectivity index (χ3v) is 4.33. The molecule has 0 amide bonds. The van der Waals surface area contributed by atoms with Crippen molar-refractivity contribution in [3.05, 3.63) is 67.1 Å². The highest BCUT2D eigenvalue weighted by Gasteiger charge is 2.13. The highest BCUT2D eigenvalue weighted by molar-refractivity contribution is 9.10. The van der Waals surface area contributed by atoms with Crippen molar-refractivity contribution < 1.29 is 0 Å². The minimum atomic E-state index is -0.0674. The Balaban J connectivity index is 2.26. The summed E-state index contributed by atoms with van der Waals surface area (Å²) in [6, 6.07) is 11.2. The van der Waals surface area contributed by atoms with E-state index in [-0.39, 0.29) is 6.04 Å². The van der Waals surface area contributed by atoms with Gasteiger partial charge < -0.3 is 0 Å². The van der Waals surface area contributed by atoms with E-state index in [1.165, 1.54) is 0 Å². The molecule has 0 aliphatic carbocycles. The minimum Gasteiger partial charge on any atom is -0.271 e. The van der Waals surface area contributed by atoms with Gasteiger partial charge in [0.1, 0.15) is 0 Å². The molecule has 2 nitrogen and oxygen atoms in total. The lowest BCUT2D eigenvalue weighted by Gasteiger charge is -2.17. The highest BCUT2D eigenvalue weighted by Crippen LogP contribution is 2.28. The zero-order valence-electron chi connectivity index (χ0n) is 10.3. The van der Waals surface area contributed by atoms with Crippen LogP contribution in [0.5, 0.6) is 0 Å². The summed E-state index contributed by atoms with van der Waals surface area (Å²) < 4.78 is 0.911. The van der Waals surface area contributed by atoms with Crippen LogP contribution in [0.25, 0.3) is 0 Å². The third kappa shape index (κ3) is 4.10. The van der Waals surface area contributed by atoms with Gasteiger partial charge in [0.25, 0.3) is 0 Å². The standard InChI is InChI=1S/C14H12BrCl3N2/c15-10-5-9(6-11(16)7-10)14(20-19)4-8-1-2-12(17)13(18)3-8/h1-3,5-7,14,20H,4,19H2. The Kier molecular flexibility index (Phi) is 5.73. The van der Waals surface area contributed by atoms with Crippen molar-refractivity contribution in [3.63, 3.8) is 0 Å². The molecular weight excluding hydrogens is 382 g/mol. The maximum atomic E-state index is 6.06. The van der Waals surface area contributed by atoms with E-state index in [4.69, 9.17) is 40.6 Å². The Hall–Kier alpha value is -0.290. The zero-order chi connectivity index (χ0) is 14.7. The molecule has 0 radical (unpaired) electrons. The first-order valence-corrected chi connectivity index (χ1v) is 7.78. The van der Waals surface area contributed by atoms with Gasteiger partial charge in [-0.3, -0.25) is 11.3 Å². The number of hydrogen-bond donors (Lipinski definition) is 2. The molecule has 0 aromatic heterocycles. The van der Waals surface area contributed by atoms with Crippen LogP contribution in [0.4, 0.5) is 0 Å². The van der Waals surface area contributed by atoms with Crippen molar-refractivity contribution in [2.75, 3.05) is 0 Å². The quantitative estimate of drug-likeness (QED) is 0.555. The average Bonchev–Trinajstić information content (AvgIpc) is 2.38. The number of benzene rings is 2. The predicted octanol–water partition coefficient (Wildman–Crippen LogP) is 5.16. The van der Waals surface area contributed by atoms with Gasteiger partial charge in [0, 0.05) is 9.50 Å². The first kappa shape index (κ1) is 16.1. The van der Waals surface area contributed by atoms with Crippen molar-refractivity contribution in [2.24, 2.45) is 5.84 Å². The van der Waals surface area contributed by atoms with Crippen LogP contribution in [0.2, 0.25) is 15.1 Å². The predicted molar refractivity (Wildman–Crippen MR) is 89.4 cm³/mol. The van der Waals surface area contributed by atoms with E-state index in [9.17, 15) is 0 Å².